The van der Waals surface area contributed by atoms with Gasteiger partial charge in [0.25, 0.3) is 0 Å². The Balaban J connectivity index is 3.64. The Morgan fingerprint density at radius 1 is 0.545 bits per heavy atom. The topological polar surface area (TPSA) is 101 Å². The molecular weight excluding hydrogens is 304 g/mol. The van der Waals surface area contributed by atoms with E-state index in [0.29, 0.717) is 63.5 Å². The molecule has 0 fully saturated rings. The molecule has 5 atom stereocenters. The lowest BCUT2D eigenvalue weighted by molar-refractivity contribution is 0.0704. The van der Waals surface area contributed by atoms with Gasteiger partial charge < -0.3 is 25.5 Å². The average molecular weight is 339 g/mol. The molecule has 0 aliphatic rings. The second-order valence-corrected chi connectivity index (χ2v) is 6.73. The molecule has 0 aliphatic heterocycles. The number of hydrogen-bond acceptors (Lipinski definition) is 6. The fourth-order valence-electron chi connectivity index (χ4n) is 2.31. The molecule has 5 unspecified atom stereocenters. The van der Waals surface area contributed by atoms with E-state index >= 15 is 0 Å². The van der Waals surface area contributed by atoms with Crippen LogP contribution in [0.15, 0.2) is 0 Å². The first-order valence-electron chi connectivity index (χ1n) is 8.36. The Morgan fingerprint density at radius 2 is 0.818 bits per heavy atom. The summed E-state index contributed by atoms with van der Waals surface area (Å²) in [5, 5.41) is 48.1. The lowest BCUT2D eigenvalue weighted by Gasteiger charge is -2.17. The van der Waals surface area contributed by atoms with E-state index in [4.69, 9.17) is 5.11 Å². The Morgan fingerprint density at radius 3 is 1.09 bits per heavy atom. The maximum absolute atomic E-state index is 9.85. The third kappa shape index (κ3) is 13.8. The van der Waals surface area contributed by atoms with Crippen LogP contribution in [0.1, 0.15) is 64.7 Å². The average Bonchev–Trinajstić information content (AvgIpc) is 2.46. The van der Waals surface area contributed by atoms with Gasteiger partial charge in [-0.15, -0.1) is 0 Å². The van der Waals surface area contributed by atoms with Crippen LogP contribution < -0.4 is 0 Å². The number of rotatable bonds is 14. The first kappa shape index (κ1) is 22.1. The minimum Gasteiger partial charge on any atom is -0.393 e. The van der Waals surface area contributed by atoms with Gasteiger partial charge in [-0.3, -0.25) is 0 Å². The summed E-state index contributed by atoms with van der Waals surface area (Å²) < 4.78 is 0. The highest BCUT2D eigenvalue weighted by Crippen LogP contribution is 2.15. The van der Waals surface area contributed by atoms with E-state index in [1.807, 2.05) is 0 Å². The standard InChI is InChI=1S/C16H34O5S/c1-12(17)2-3-13(18)4-5-14(19)6-7-15(20)8-9-16(21)10-11-22/h12-22H,2-11H2,1H3. The molecular formula is C16H34O5S. The van der Waals surface area contributed by atoms with Gasteiger partial charge in [-0.1, -0.05) is 0 Å². The Kier molecular flexibility index (Phi) is 13.7. The van der Waals surface area contributed by atoms with Crippen molar-refractivity contribution >= 4 is 12.6 Å². The van der Waals surface area contributed by atoms with Gasteiger partial charge in [0, 0.05) is 0 Å². The highest BCUT2D eigenvalue weighted by atomic mass is 32.1. The lowest BCUT2D eigenvalue weighted by Crippen LogP contribution is -2.18. The van der Waals surface area contributed by atoms with Crippen molar-refractivity contribution in [3.63, 3.8) is 0 Å². The van der Waals surface area contributed by atoms with Crippen LogP contribution in [0.5, 0.6) is 0 Å². The summed E-state index contributed by atoms with van der Waals surface area (Å²) in [7, 11) is 0. The van der Waals surface area contributed by atoms with E-state index in [1.165, 1.54) is 0 Å². The number of thiol groups is 1. The first-order chi connectivity index (χ1) is 10.3. The van der Waals surface area contributed by atoms with Gasteiger partial charge in [0.1, 0.15) is 0 Å². The molecule has 134 valence electrons. The van der Waals surface area contributed by atoms with E-state index in [9.17, 15) is 20.4 Å². The predicted octanol–water partition coefficient (Wildman–Crippen LogP) is 1.25. The molecule has 5 N–H and O–H groups in total. The summed E-state index contributed by atoms with van der Waals surface area (Å²) in [6.07, 6.45) is 2.44. The van der Waals surface area contributed by atoms with Gasteiger partial charge in [0.05, 0.1) is 30.5 Å². The van der Waals surface area contributed by atoms with Crippen LogP contribution in [0.3, 0.4) is 0 Å². The first-order valence-corrected chi connectivity index (χ1v) is 8.99. The van der Waals surface area contributed by atoms with Crippen LogP contribution in [0.2, 0.25) is 0 Å². The van der Waals surface area contributed by atoms with Crippen LogP contribution in [0.4, 0.5) is 0 Å². The molecule has 0 aromatic rings. The molecule has 6 heteroatoms. The van der Waals surface area contributed by atoms with Gasteiger partial charge in [-0.25, -0.2) is 0 Å². The van der Waals surface area contributed by atoms with E-state index in [1.54, 1.807) is 6.92 Å². The van der Waals surface area contributed by atoms with E-state index in [0.717, 1.165) is 0 Å². The Hall–Kier alpha value is 0.150. The summed E-state index contributed by atoms with van der Waals surface area (Å²) in [6, 6.07) is 0. The molecule has 0 radical (unpaired) electrons. The van der Waals surface area contributed by atoms with Crippen LogP contribution in [-0.2, 0) is 0 Å². The molecule has 5 nitrogen and oxygen atoms in total. The molecule has 0 bridgehead atoms. The monoisotopic (exact) mass is 338 g/mol. The summed E-state index contributed by atoms with van der Waals surface area (Å²) in [5.74, 6) is 0.632. The number of aliphatic hydroxyl groups is 5. The van der Waals surface area contributed by atoms with Crippen molar-refractivity contribution in [2.45, 2.75) is 95.2 Å². The van der Waals surface area contributed by atoms with Crippen molar-refractivity contribution in [2.24, 2.45) is 0 Å². The molecule has 0 rings (SSSR count). The third-order valence-corrected chi connectivity index (χ3v) is 4.14. The normalized spacial score (nSPS) is 18.7. The molecule has 0 saturated carbocycles. The van der Waals surface area contributed by atoms with Gasteiger partial charge >= 0.3 is 0 Å². The second-order valence-electron chi connectivity index (χ2n) is 6.29. The summed E-state index contributed by atoms with van der Waals surface area (Å²) in [5.41, 5.74) is 0. The molecule has 0 aliphatic carbocycles. The molecule has 0 aromatic carbocycles. The minimum atomic E-state index is -0.529. The molecule has 0 spiro atoms. The molecule has 0 saturated heterocycles. The van der Waals surface area contributed by atoms with Crippen LogP contribution >= 0.6 is 12.6 Å². The Bertz CT molecular complexity index is 253. The highest BCUT2D eigenvalue weighted by molar-refractivity contribution is 7.80. The SMILES string of the molecule is CC(O)CCC(O)CCC(O)CCC(O)CCC(O)CCS. The van der Waals surface area contributed by atoms with Crippen molar-refractivity contribution < 1.29 is 25.5 Å². The number of hydrogen-bond donors (Lipinski definition) is 6. The van der Waals surface area contributed by atoms with Gasteiger partial charge in [0.2, 0.25) is 0 Å². The van der Waals surface area contributed by atoms with Gasteiger partial charge in [-0.05, 0) is 70.5 Å². The maximum Gasteiger partial charge on any atom is 0.0549 e. The van der Waals surface area contributed by atoms with E-state index < -0.39 is 30.5 Å². The molecule has 0 heterocycles. The van der Waals surface area contributed by atoms with Crippen molar-refractivity contribution in [3.05, 3.63) is 0 Å². The number of aliphatic hydroxyl groups excluding tert-OH is 5. The quantitative estimate of drug-likeness (QED) is 0.268. The lowest BCUT2D eigenvalue weighted by atomic mass is 9.99. The maximum atomic E-state index is 9.85. The van der Waals surface area contributed by atoms with Crippen molar-refractivity contribution in [3.8, 4) is 0 Å². The van der Waals surface area contributed by atoms with Crippen LogP contribution in [0.25, 0.3) is 0 Å². The molecule has 0 aromatic heterocycles. The highest BCUT2D eigenvalue weighted by Gasteiger charge is 2.14. The Labute approximate surface area is 139 Å². The van der Waals surface area contributed by atoms with Gasteiger partial charge in [0.15, 0.2) is 0 Å². The van der Waals surface area contributed by atoms with Crippen molar-refractivity contribution in [1.29, 1.82) is 0 Å². The smallest absolute Gasteiger partial charge is 0.0549 e. The van der Waals surface area contributed by atoms with Crippen LogP contribution in [-0.4, -0.2) is 61.8 Å². The van der Waals surface area contributed by atoms with Crippen LogP contribution in [0, 0.1) is 0 Å². The summed E-state index contributed by atoms with van der Waals surface area (Å²) in [6.45, 7) is 1.69. The van der Waals surface area contributed by atoms with Crippen molar-refractivity contribution in [2.75, 3.05) is 5.75 Å². The minimum absolute atomic E-state index is 0.410. The second kappa shape index (κ2) is 13.6. The summed E-state index contributed by atoms with van der Waals surface area (Å²) >= 11 is 4.05. The van der Waals surface area contributed by atoms with Crippen molar-refractivity contribution in [1.82, 2.24) is 0 Å². The fraction of sp³-hybridized carbons (Fsp3) is 1.00. The largest absolute Gasteiger partial charge is 0.393 e. The van der Waals surface area contributed by atoms with E-state index in [2.05, 4.69) is 12.6 Å². The van der Waals surface area contributed by atoms with Gasteiger partial charge in [-0.2, -0.15) is 12.6 Å². The molecule has 0 amide bonds. The predicted molar refractivity (Wildman–Crippen MR) is 91.1 cm³/mol. The summed E-state index contributed by atoms with van der Waals surface area (Å²) in [4.78, 5) is 0. The third-order valence-electron chi connectivity index (χ3n) is 3.88. The zero-order chi connectivity index (χ0) is 17.0. The van der Waals surface area contributed by atoms with E-state index in [-0.39, 0.29) is 0 Å². The zero-order valence-corrected chi connectivity index (χ0v) is 14.5. The zero-order valence-electron chi connectivity index (χ0n) is 13.6. The fourth-order valence-corrected chi connectivity index (χ4v) is 2.61. The molecule has 22 heavy (non-hydrogen) atoms.